The number of fused-ring (bicyclic) bond motifs is 1. The monoisotopic (exact) mass is 402 g/mol. The molecule has 4 rings (SSSR count). The number of alkyl halides is 3. The first-order valence-electron chi connectivity index (χ1n) is 9.34. The quantitative estimate of drug-likeness (QED) is 0.543. The highest BCUT2D eigenvalue weighted by Crippen LogP contribution is 2.29. The van der Waals surface area contributed by atoms with Gasteiger partial charge in [0.05, 0.1) is 0 Å². The van der Waals surface area contributed by atoms with Gasteiger partial charge in [-0.3, -0.25) is 5.11 Å². The van der Waals surface area contributed by atoms with Crippen LogP contribution in [0.2, 0.25) is 0 Å². The second-order valence-corrected chi connectivity index (χ2v) is 7.02. The predicted molar refractivity (Wildman–Crippen MR) is 103 cm³/mol. The molecule has 1 heterocycles. The summed E-state index contributed by atoms with van der Waals surface area (Å²) in [5.74, 6) is 0.262. The van der Waals surface area contributed by atoms with Crippen LogP contribution in [0, 0.1) is 0 Å². The largest absolute Gasteiger partial charge is 0.573 e. The molecule has 0 unspecified atom stereocenters. The third-order valence-corrected chi connectivity index (χ3v) is 4.96. The lowest BCUT2D eigenvalue weighted by atomic mass is 10.0. The number of halogens is 3. The normalized spacial score (nSPS) is 15.5. The van der Waals surface area contributed by atoms with Crippen LogP contribution in [0.3, 0.4) is 0 Å². The SMILES string of the molecule is [O]c1ccc2cc(N3CCC(Oc4ccc(OC(F)(F)F)cc4)CC3)ccc2c1. The fourth-order valence-corrected chi connectivity index (χ4v) is 3.55. The molecular formula is C22H19F3NO3. The molecule has 4 nitrogen and oxygen atoms in total. The van der Waals surface area contributed by atoms with Crippen LogP contribution in [-0.4, -0.2) is 25.6 Å². The zero-order valence-electron chi connectivity index (χ0n) is 15.5. The Kier molecular flexibility index (Phi) is 5.13. The smallest absolute Gasteiger partial charge is 0.490 e. The van der Waals surface area contributed by atoms with Crippen LogP contribution in [0.15, 0.2) is 60.7 Å². The van der Waals surface area contributed by atoms with E-state index in [9.17, 15) is 18.3 Å². The summed E-state index contributed by atoms with van der Waals surface area (Å²) in [6, 6.07) is 16.6. The van der Waals surface area contributed by atoms with Gasteiger partial charge in [0.15, 0.2) is 5.75 Å². The highest BCUT2D eigenvalue weighted by molar-refractivity contribution is 5.87. The Morgan fingerprint density at radius 1 is 0.828 bits per heavy atom. The summed E-state index contributed by atoms with van der Waals surface area (Å²) < 4.78 is 46.4. The van der Waals surface area contributed by atoms with Gasteiger partial charge >= 0.3 is 6.36 Å². The van der Waals surface area contributed by atoms with Crippen LogP contribution >= 0.6 is 0 Å². The minimum atomic E-state index is -4.70. The molecule has 0 N–H and O–H groups in total. The van der Waals surface area contributed by atoms with Gasteiger partial charge in [0.25, 0.3) is 0 Å². The van der Waals surface area contributed by atoms with Gasteiger partial charge in [-0.2, -0.15) is 0 Å². The van der Waals surface area contributed by atoms with E-state index in [1.165, 1.54) is 24.3 Å². The van der Waals surface area contributed by atoms with E-state index in [0.29, 0.717) is 5.75 Å². The number of ether oxygens (including phenoxy) is 2. The van der Waals surface area contributed by atoms with Gasteiger partial charge in [-0.05, 0) is 59.3 Å². The van der Waals surface area contributed by atoms with Gasteiger partial charge in [-0.25, -0.2) is 0 Å². The molecule has 0 aliphatic carbocycles. The van der Waals surface area contributed by atoms with Crippen molar-refractivity contribution in [2.75, 3.05) is 18.0 Å². The van der Waals surface area contributed by atoms with Crippen molar-refractivity contribution < 1.29 is 27.8 Å². The Balaban J connectivity index is 1.34. The number of hydrogen-bond donors (Lipinski definition) is 0. The van der Waals surface area contributed by atoms with Crippen molar-refractivity contribution >= 4 is 16.5 Å². The molecule has 0 aromatic heterocycles. The van der Waals surface area contributed by atoms with Crippen molar-refractivity contribution in [1.29, 1.82) is 0 Å². The zero-order chi connectivity index (χ0) is 20.4. The van der Waals surface area contributed by atoms with Crippen LogP contribution in [0.4, 0.5) is 18.9 Å². The molecule has 0 amide bonds. The summed E-state index contributed by atoms with van der Waals surface area (Å²) in [6.45, 7) is 1.62. The summed E-state index contributed by atoms with van der Waals surface area (Å²) in [5, 5.41) is 13.4. The predicted octanol–water partition coefficient (Wildman–Crippen LogP) is 5.93. The molecule has 0 saturated carbocycles. The van der Waals surface area contributed by atoms with E-state index in [-0.39, 0.29) is 17.6 Å². The van der Waals surface area contributed by atoms with Gasteiger partial charge in [0.2, 0.25) is 0 Å². The maximum absolute atomic E-state index is 12.2. The fourth-order valence-electron chi connectivity index (χ4n) is 3.55. The molecule has 7 heteroatoms. The molecular weight excluding hydrogens is 383 g/mol. The maximum Gasteiger partial charge on any atom is 0.573 e. The summed E-state index contributed by atoms with van der Waals surface area (Å²) in [5.41, 5.74) is 1.10. The lowest BCUT2D eigenvalue weighted by Gasteiger charge is -2.34. The minimum Gasteiger partial charge on any atom is -0.490 e. The van der Waals surface area contributed by atoms with Crippen LogP contribution in [0.1, 0.15) is 12.8 Å². The summed E-state index contributed by atoms with van der Waals surface area (Å²) in [6.07, 6.45) is -3.09. The fraction of sp³-hybridized carbons (Fsp3) is 0.273. The van der Waals surface area contributed by atoms with E-state index >= 15 is 0 Å². The molecule has 1 fully saturated rings. The second kappa shape index (κ2) is 7.73. The lowest BCUT2D eigenvalue weighted by Crippen LogP contribution is -2.38. The molecule has 0 bridgehead atoms. The molecule has 0 spiro atoms. The number of rotatable bonds is 4. The van der Waals surface area contributed by atoms with Crippen molar-refractivity contribution in [3.05, 3.63) is 60.7 Å². The van der Waals surface area contributed by atoms with Crippen molar-refractivity contribution in [1.82, 2.24) is 0 Å². The third-order valence-electron chi connectivity index (χ3n) is 4.96. The summed E-state index contributed by atoms with van der Waals surface area (Å²) in [4.78, 5) is 2.27. The van der Waals surface area contributed by atoms with Crippen molar-refractivity contribution in [3.63, 3.8) is 0 Å². The van der Waals surface area contributed by atoms with E-state index in [2.05, 4.69) is 15.7 Å². The number of hydrogen-bond acceptors (Lipinski definition) is 3. The number of anilines is 1. The Morgan fingerprint density at radius 3 is 2.14 bits per heavy atom. The first-order chi connectivity index (χ1) is 13.9. The van der Waals surface area contributed by atoms with Crippen molar-refractivity contribution in [3.8, 4) is 17.2 Å². The van der Waals surface area contributed by atoms with Crippen LogP contribution < -0.4 is 14.4 Å². The van der Waals surface area contributed by atoms with E-state index in [1.807, 2.05) is 18.2 Å². The lowest BCUT2D eigenvalue weighted by molar-refractivity contribution is -0.274. The highest BCUT2D eigenvalue weighted by atomic mass is 19.4. The standard InChI is InChI=1S/C22H19F3NO3/c23-22(24,25)29-21-7-5-19(6-8-21)28-20-9-11-26(12-10-20)17-3-1-16-14-18(27)4-2-15(16)13-17/h1-8,13-14,20H,9-12H2. The second-order valence-electron chi connectivity index (χ2n) is 7.02. The average molecular weight is 402 g/mol. The molecule has 1 aliphatic heterocycles. The Labute approximate surface area is 166 Å². The van der Waals surface area contributed by atoms with Crippen LogP contribution in [-0.2, 0) is 5.11 Å². The first-order valence-corrected chi connectivity index (χ1v) is 9.34. The molecule has 1 aliphatic rings. The third kappa shape index (κ3) is 4.85. The van der Waals surface area contributed by atoms with E-state index in [4.69, 9.17) is 4.74 Å². The van der Waals surface area contributed by atoms with Gasteiger partial charge in [0.1, 0.15) is 17.6 Å². The van der Waals surface area contributed by atoms with Gasteiger partial charge < -0.3 is 14.4 Å². The Morgan fingerprint density at radius 2 is 1.45 bits per heavy atom. The number of nitrogens with zero attached hydrogens (tertiary/aromatic N) is 1. The molecule has 3 aromatic carbocycles. The topological polar surface area (TPSA) is 41.6 Å². The summed E-state index contributed by atoms with van der Waals surface area (Å²) in [7, 11) is 0. The minimum absolute atomic E-state index is 0.00112. The molecule has 29 heavy (non-hydrogen) atoms. The molecule has 1 saturated heterocycles. The van der Waals surface area contributed by atoms with E-state index < -0.39 is 6.36 Å². The van der Waals surface area contributed by atoms with E-state index in [1.54, 1.807) is 12.1 Å². The Bertz CT molecular complexity index is 981. The molecule has 151 valence electrons. The van der Waals surface area contributed by atoms with E-state index in [0.717, 1.165) is 42.4 Å². The van der Waals surface area contributed by atoms with Gasteiger partial charge in [-0.1, -0.05) is 12.1 Å². The van der Waals surface area contributed by atoms with Crippen LogP contribution in [0.25, 0.3) is 10.8 Å². The Hall–Kier alpha value is -3.09. The highest BCUT2D eigenvalue weighted by Gasteiger charge is 2.31. The number of piperidine rings is 1. The molecule has 3 aromatic rings. The molecule has 0 atom stereocenters. The zero-order valence-corrected chi connectivity index (χ0v) is 15.5. The first kappa shape index (κ1) is 19.2. The average Bonchev–Trinajstić information content (AvgIpc) is 2.69. The number of benzene rings is 3. The van der Waals surface area contributed by atoms with Crippen LogP contribution in [0.5, 0.6) is 17.2 Å². The van der Waals surface area contributed by atoms with Crippen molar-refractivity contribution in [2.45, 2.75) is 25.3 Å². The van der Waals surface area contributed by atoms with Crippen molar-refractivity contribution in [2.24, 2.45) is 0 Å². The van der Waals surface area contributed by atoms with Gasteiger partial charge in [-0.15, -0.1) is 13.2 Å². The maximum atomic E-state index is 12.2. The summed E-state index contributed by atoms with van der Waals surface area (Å²) >= 11 is 0. The molecule has 1 radical (unpaired) electrons. The van der Waals surface area contributed by atoms with Gasteiger partial charge in [0, 0.05) is 31.6 Å².